The fourth-order valence-electron chi connectivity index (χ4n) is 3.07. The van der Waals surface area contributed by atoms with E-state index >= 15 is 0 Å². The Morgan fingerprint density at radius 1 is 0.926 bits per heavy atom. The molecule has 0 saturated heterocycles. The van der Waals surface area contributed by atoms with Crippen LogP contribution in [-0.4, -0.2) is 67.4 Å². The molecule has 0 N–H and O–H groups in total. The summed E-state index contributed by atoms with van der Waals surface area (Å²) in [4.78, 5) is -0.118. The van der Waals surface area contributed by atoms with Gasteiger partial charge in [0.05, 0.1) is 13.2 Å². The van der Waals surface area contributed by atoms with Gasteiger partial charge in [-0.2, -0.15) is 0 Å². The normalized spacial score (nSPS) is 17.3. The van der Waals surface area contributed by atoms with Crippen LogP contribution in [0.3, 0.4) is 0 Å². The van der Waals surface area contributed by atoms with Crippen LogP contribution in [0.2, 0.25) is 0 Å². The molecule has 0 fully saturated rings. The first kappa shape index (κ1) is 27.3. The van der Waals surface area contributed by atoms with Crippen LogP contribution in [0, 0.1) is 0 Å². The van der Waals surface area contributed by atoms with Crippen molar-refractivity contribution in [3.63, 3.8) is 0 Å². The molecule has 1 atom stereocenters. The summed E-state index contributed by atoms with van der Waals surface area (Å²) >= 11 is 0. The van der Waals surface area contributed by atoms with Crippen molar-refractivity contribution in [3.8, 4) is 0 Å². The zero-order chi connectivity index (χ0) is 21.2. The monoisotopic (exact) mass is 424 g/mol. The standard InChI is InChI=1S/C22H48O3S2/c1-11-13-16-22(5,15-12-2)27(9,10)25-21(3,4)26(7,8)20-14-17-24-19-18-23-6/h12,15H,11,13-14,16-20H2,1-10H3. The van der Waals surface area contributed by atoms with Gasteiger partial charge in [0.25, 0.3) is 0 Å². The molecule has 0 aliphatic rings. The minimum atomic E-state index is -1.25. The first-order valence-corrected chi connectivity index (χ1v) is 15.2. The van der Waals surface area contributed by atoms with Gasteiger partial charge in [-0.05, 0) is 71.3 Å². The van der Waals surface area contributed by atoms with Gasteiger partial charge >= 0.3 is 0 Å². The van der Waals surface area contributed by atoms with Crippen molar-refractivity contribution < 1.29 is 13.7 Å². The Bertz CT molecular complexity index is 433. The topological polar surface area (TPSA) is 27.7 Å². The molecule has 0 aliphatic carbocycles. The number of unbranched alkanes of at least 4 members (excludes halogenated alkanes) is 1. The van der Waals surface area contributed by atoms with Crippen molar-refractivity contribution in [2.45, 2.75) is 70.0 Å². The van der Waals surface area contributed by atoms with Gasteiger partial charge in [0.15, 0.2) is 0 Å². The van der Waals surface area contributed by atoms with Gasteiger partial charge in [0.1, 0.15) is 4.93 Å². The summed E-state index contributed by atoms with van der Waals surface area (Å²) in [5, 5.41) is 0. The average Bonchev–Trinajstić information content (AvgIpc) is 2.55. The highest BCUT2D eigenvalue weighted by molar-refractivity contribution is 8.35. The molecule has 0 spiro atoms. The second-order valence-corrected chi connectivity index (χ2v) is 16.9. The molecule has 1 unspecified atom stereocenters. The number of allylic oxidation sites excluding steroid dienone is 1. The van der Waals surface area contributed by atoms with Gasteiger partial charge in [-0.15, -0.1) is 10.3 Å². The Labute approximate surface area is 173 Å². The van der Waals surface area contributed by atoms with E-state index in [0.717, 1.165) is 18.8 Å². The highest BCUT2D eigenvalue weighted by Crippen LogP contribution is 2.65. The third-order valence-corrected chi connectivity index (χ3v) is 13.4. The molecule has 0 amide bonds. The summed E-state index contributed by atoms with van der Waals surface area (Å²) in [7, 11) is -0.461. The lowest BCUT2D eigenvalue weighted by Crippen LogP contribution is -2.40. The number of rotatable bonds is 15. The Hall–Kier alpha value is 0.320. The lowest BCUT2D eigenvalue weighted by Gasteiger charge is -2.56. The molecular formula is C22H48O3S2. The Morgan fingerprint density at radius 2 is 1.56 bits per heavy atom. The largest absolute Gasteiger partial charge is 0.382 e. The number of hydrogen-bond donors (Lipinski definition) is 0. The molecule has 27 heavy (non-hydrogen) atoms. The molecule has 0 saturated carbocycles. The molecule has 0 rings (SSSR count). The van der Waals surface area contributed by atoms with Gasteiger partial charge in [0.2, 0.25) is 0 Å². The van der Waals surface area contributed by atoms with Crippen molar-refractivity contribution >= 4 is 20.3 Å². The van der Waals surface area contributed by atoms with Crippen LogP contribution in [0.15, 0.2) is 12.2 Å². The number of ether oxygens (including phenoxy) is 2. The Morgan fingerprint density at radius 3 is 2.07 bits per heavy atom. The van der Waals surface area contributed by atoms with E-state index in [1.54, 1.807) is 7.11 Å². The van der Waals surface area contributed by atoms with Crippen molar-refractivity contribution in [2.75, 3.05) is 57.7 Å². The quantitative estimate of drug-likeness (QED) is 0.226. The van der Waals surface area contributed by atoms with Crippen molar-refractivity contribution in [3.05, 3.63) is 12.2 Å². The minimum Gasteiger partial charge on any atom is -0.382 e. The minimum absolute atomic E-state index is 0.118. The summed E-state index contributed by atoms with van der Waals surface area (Å²) in [5.41, 5.74) is 0. The zero-order valence-corrected chi connectivity index (χ0v) is 21.5. The third-order valence-electron chi connectivity index (χ3n) is 5.78. The van der Waals surface area contributed by atoms with E-state index in [1.807, 2.05) is 0 Å². The maximum absolute atomic E-state index is 7.01. The molecule has 3 nitrogen and oxygen atoms in total. The molecule has 0 aromatic rings. The number of hydrogen-bond acceptors (Lipinski definition) is 3. The van der Waals surface area contributed by atoms with Gasteiger partial charge in [-0.25, -0.2) is 10.0 Å². The molecular weight excluding hydrogens is 376 g/mol. The van der Waals surface area contributed by atoms with Gasteiger partial charge in [-0.3, -0.25) is 0 Å². The summed E-state index contributed by atoms with van der Waals surface area (Å²) in [6.45, 7) is 13.6. The van der Waals surface area contributed by atoms with Gasteiger partial charge < -0.3 is 13.7 Å². The summed E-state index contributed by atoms with van der Waals surface area (Å²) in [6, 6.07) is 0. The first-order chi connectivity index (χ1) is 12.4. The van der Waals surface area contributed by atoms with Crippen LogP contribution in [0.1, 0.15) is 60.3 Å². The highest BCUT2D eigenvalue weighted by atomic mass is 32.3. The fourth-order valence-corrected chi connectivity index (χ4v) is 7.95. The maximum atomic E-state index is 7.01. The molecule has 0 radical (unpaired) electrons. The zero-order valence-electron chi connectivity index (χ0n) is 19.9. The number of methoxy groups -OCH3 is 1. The highest BCUT2D eigenvalue weighted by Gasteiger charge is 2.43. The van der Waals surface area contributed by atoms with Crippen LogP contribution in [0.25, 0.3) is 0 Å². The molecule has 0 heterocycles. The summed E-state index contributed by atoms with van der Waals surface area (Å²) in [6.07, 6.45) is 18.9. The van der Waals surface area contributed by atoms with E-state index in [4.69, 9.17) is 13.7 Å². The lowest BCUT2D eigenvalue weighted by atomic mass is 10.0. The van der Waals surface area contributed by atoms with Gasteiger partial charge in [-0.1, -0.05) is 31.9 Å². The fraction of sp³-hybridized carbons (Fsp3) is 0.909. The summed E-state index contributed by atoms with van der Waals surface area (Å²) in [5.74, 6) is 1.16. The second kappa shape index (κ2) is 12.1. The van der Waals surface area contributed by atoms with Crippen LogP contribution in [0.4, 0.5) is 0 Å². The van der Waals surface area contributed by atoms with Crippen LogP contribution in [-0.2, 0) is 13.7 Å². The predicted octanol–water partition coefficient (Wildman–Crippen LogP) is 6.36. The first-order valence-electron chi connectivity index (χ1n) is 10.2. The van der Waals surface area contributed by atoms with Gasteiger partial charge in [0, 0.05) is 18.5 Å². The van der Waals surface area contributed by atoms with Crippen molar-refractivity contribution in [1.29, 1.82) is 0 Å². The summed E-state index contributed by atoms with van der Waals surface area (Å²) < 4.78 is 17.8. The van der Waals surface area contributed by atoms with E-state index in [1.165, 1.54) is 19.3 Å². The molecule has 0 aromatic carbocycles. The smallest absolute Gasteiger partial charge is 0.105 e. The van der Waals surface area contributed by atoms with Crippen molar-refractivity contribution in [1.82, 2.24) is 0 Å². The molecule has 0 aliphatic heterocycles. The molecule has 0 bridgehead atoms. The van der Waals surface area contributed by atoms with Crippen LogP contribution >= 0.6 is 20.3 Å². The van der Waals surface area contributed by atoms with Crippen LogP contribution in [0.5, 0.6) is 0 Å². The van der Waals surface area contributed by atoms with Crippen LogP contribution < -0.4 is 0 Å². The van der Waals surface area contributed by atoms with E-state index in [9.17, 15) is 0 Å². The van der Waals surface area contributed by atoms with E-state index in [-0.39, 0.29) is 9.68 Å². The molecule has 166 valence electrons. The van der Waals surface area contributed by atoms with Crippen molar-refractivity contribution in [2.24, 2.45) is 0 Å². The average molecular weight is 425 g/mol. The van der Waals surface area contributed by atoms with E-state index < -0.39 is 20.3 Å². The second-order valence-electron chi connectivity index (χ2n) is 8.83. The third kappa shape index (κ3) is 8.69. The Kier molecular flexibility index (Phi) is 12.3. The SMILES string of the molecule is CC=CC(C)(CCCC)S(C)(C)OC(C)(C)S(C)(C)CCCOCCOC. The van der Waals surface area contributed by atoms with E-state index in [0.29, 0.717) is 13.2 Å². The molecule has 0 aromatic heterocycles. The predicted molar refractivity (Wildman–Crippen MR) is 129 cm³/mol. The Balaban J connectivity index is 5.04. The van der Waals surface area contributed by atoms with E-state index in [2.05, 4.69) is 71.8 Å². The molecule has 5 heteroatoms. The lowest BCUT2D eigenvalue weighted by molar-refractivity contribution is 0.0712. The maximum Gasteiger partial charge on any atom is 0.105 e.